The van der Waals surface area contributed by atoms with E-state index in [1.54, 1.807) is 6.07 Å². The van der Waals surface area contributed by atoms with Crippen LogP contribution in [0.5, 0.6) is 0 Å². The van der Waals surface area contributed by atoms with E-state index in [0.29, 0.717) is 11.4 Å². The maximum Gasteiger partial charge on any atom is 0.243 e. The minimum absolute atomic E-state index is 0.00439. The summed E-state index contributed by atoms with van der Waals surface area (Å²) in [5.74, 6) is -0.354. The van der Waals surface area contributed by atoms with Crippen LogP contribution in [0, 0.1) is 0 Å². The Morgan fingerprint density at radius 1 is 1.15 bits per heavy atom. The molecule has 0 aliphatic carbocycles. The number of nitrogens with zero attached hydrogens (tertiary/aromatic N) is 2. The van der Waals surface area contributed by atoms with Gasteiger partial charge < -0.3 is 9.80 Å². The van der Waals surface area contributed by atoms with Crippen molar-refractivity contribution >= 4 is 28.9 Å². The lowest BCUT2D eigenvalue weighted by Gasteiger charge is -2.32. The maximum atomic E-state index is 12.1. The minimum atomic E-state index is -0.160. The second kappa shape index (κ2) is 6.17. The number of likely N-dealkylation sites (N-methyl/N-ethyl adjacent to an activating group) is 1. The summed E-state index contributed by atoms with van der Waals surface area (Å²) in [6.45, 7) is 4.47. The van der Waals surface area contributed by atoms with Gasteiger partial charge in [0, 0.05) is 11.4 Å². The highest BCUT2D eigenvalue weighted by atomic mass is 32.1. The van der Waals surface area contributed by atoms with Crippen LogP contribution in [0.25, 0.3) is 0 Å². The van der Waals surface area contributed by atoms with Crippen molar-refractivity contribution in [3.05, 3.63) is 21.9 Å². The maximum absolute atomic E-state index is 12.1. The van der Waals surface area contributed by atoms with Gasteiger partial charge in [-0.25, -0.2) is 0 Å². The lowest BCUT2D eigenvalue weighted by molar-refractivity contribution is -0.149. The van der Waals surface area contributed by atoms with Gasteiger partial charge in [-0.15, -0.1) is 11.3 Å². The Kier molecular flexibility index (Phi) is 4.54. The van der Waals surface area contributed by atoms with Gasteiger partial charge in [-0.3, -0.25) is 14.4 Å². The number of carbonyl (C=O) groups excluding carboxylic acids is 3. The number of Topliss-reactive ketones (excluding diaryl/α,β-unsaturated/α-hetero) is 1. The Morgan fingerprint density at radius 3 is 2.40 bits per heavy atom. The Hall–Kier alpha value is -1.69. The molecule has 6 heteroatoms. The van der Waals surface area contributed by atoms with E-state index in [-0.39, 0.29) is 37.2 Å². The molecule has 1 aliphatic heterocycles. The van der Waals surface area contributed by atoms with Crippen LogP contribution >= 0.6 is 11.3 Å². The van der Waals surface area contributed by atoms with E-state index >= 15 is 0 Å². The van der Waals surface area contributed by atoms with Crippen molar-refractivity contribution < 1.29 is 14.4 Å². The van der Waals surface area contributed by atoms with Crippen LogP contribution in [0.3, 0.4) is 0 Å². The predicted octanol–water partition coefficient (Wildman–Crippen LogP) is 1.18. The molecule has 1 aromatic rings. The van der Waals surface area contributed by atoms with Crippen molar-refractivity contribution in [2.24, 2.45) is 0 Å². The number of ketones is 1. The summed E-state index contributed by atoms with van der Waals surface area (Å²) >= 11 is 1.45. The first-order chi connectivity index (χ1) is 9.55. The molecular weight excluding hydrogens is 276 g/mol. The van der Waals surface area contributed by atoms with E-state index in [2.05, 4.69) is 0 Å². The molecule has 1 fully saturated rings. The number of aryl methyl sites for hydroxylation is 1. The van der Waals surface area contributed by atoms with Gasteiger partial charge in [0.1, 0.15) is 6.54 Å². The molecule has 0 radical (unpaired) electrons. The quantitative estimate of drug-likeness (QED) is 0.766. The number of piperazine rings is 1. The third-order valence-electron chi connectivity index (χ3n) is 3.36. The number of thiophene rings is 1. The first-order valence-corrected chi connectivity index (χ1v) is 7.54. The molecule has 1 saturated heterocycles. The Bertz CT molecular complexity index is 538. The second-order valence-electron chi connectivity index (χ2n) is 4.70. The summed E-state index contributed by atoms with van der Waals surface area (Å²) in [4.78, 5) is 40.5. The topological polar surface area (TPSA) is 57.7 Å². The third kappa shape index (κ3) is 3.07. The molecule has 5 nitrogen and oxygen atoms in total. The first-order valence-electron chi connectivity index (χ1n) is 6.72. The van der Waals surface area contributed by atoms with E-state index in [9.17, 15) is 14.4 Å². The van der Waals surface area contributed by atoms with Gasteiger partial charge in [-0.2, -0.15) is 0 Å². The lowest BCUT2D eigenvalue weighted by atomic mass is 10.2. The molecule has 0 N–H and O–H groups in total. The number of carbonyl (C=O) groups is 3. The molecule has 0 saturated carbocycles. The van der Waals surface area contributed by atoms with Gasteiger partial charge >= 0.3 is 0 Å². The third-order valence-corrected chi connectivity index (χ3v) is 4.63. The van der Waals surface area contributed by atoms with Crippen LogP contribution in [-0.4, -0.2) is 53.6 Å². The van der Waals surface area contributed by atoms with Gasteiger partial charge in [0.25, 0.3) is 0 Å². The van der Waals surface area contributed by atoms with Crippen molar-refractivity contribution in [2.75, 3.05) is 26.2 Å². The lowest BCUT2D eigenvalue weighted by Crippen LogP contribution is -2.54. The van der Waals surface area contributed by atoms with Crippen LogP contribution in [-0.2, 0) is 16.0 Å². The monoisotopic (exact) mass is 294 g/mol. The molecule has 2 heterocycles. The van der Waals surface area contributed by atoms with E-state index in [1.165, 1.54) is 21.1 Å². The normalized spacial score (nSPS) is 15.9. The smallest absolute Gasteiger partial charge is 0.243 e. The fourth-order valence-electron chi connectivity index (χ4n) is 2.10. The minimum Gasteiger partial charge on any atom is -0.332 e. The molecule has 0 aromatic carbocycles. The van der Waals surface area contributed by atoms with E-state index in [4.69, 9.17) is 0 Å². The number of hydrogen-bond acceptors (Lipinski definition) is 4. The molecule has 20 heavy (non-hydrogen) atoms. The van der Waals surface area contributed by atoms with Crippen molar-refractivity contribution in [2.45, 2.75) is 20.3 Å². The molecule has 1 aliphatic rings. The molecule has 1 aromatic heterocycles. The average molecular weight is 294 g/mol. The van der Waals surface area contributed by atoms with Crippen LogP contribution in [0.2, 0.25) is 0 Å². The average Bonchev–Trinajstić information content (AvgIpc) is 2.91. The first kappa shape index (κ1) is 14.7. The fourth-order valence-corrected chi connectivity index (χ4v) is 2.98. The van der Waals surface area contributed by atoms with Crippen molar-refractivity contribution in [3.8, 4) is 0 Å². The van der Waals surface area contributed by atoms with Crippen LogP contribution in [0.1, 0.15) is 28.4 Å². The summed E-state index contributed by atoms with van der Waals surface area (Å²) in [5, 5.41) is 0. The zero-order valence-electron chi connectivity index (χ0n) is 11.7. The highest BCUT2D eigenvalue weighted by molar-refractivity contribution is 7.14. The van der Waals surface area contributed by atoms with E-state index in [1.807, 2.05) is 19.9 Å². The van der Waals surface area contributed by atoms with Crippen LogP contribution in [0.4, 0.5) is 0 Å². The van der Waals surface area contributed by atoms with E-state index in [0.717, 1.165) is 11.3 Å². The van der Waals surface area contributed by atoms with Crippen molar-refractivity contribution in [1.82, 2.24) is 9.80 Å². The molecule has 2 amide bonds. The number of rotatable bonds is 5. The molecule has 0 bridgehead atoms. The van der Waals surface area contributed by atoms with Gasteiger partial charge in [-0.1, -0.05) is 6.92 Å². The highest BCUT2D eigenvalue weighted by Crippen LogP contribution is 2.18. The fraction of sp³-hybridized carbons (Fsp3) is 0.500. The van der Waals surface area contributed by atoms with Gasteiger partial charge in [0.2, 0.25) is 11.8 Å². The number of amides is 2. The summed E-state index contributed by atoms with van der Waals surface area (Å²) < 4.78 is 0. The Morgan fingerprint density at radius 2 is 1.80 bits per heavy atom. The van der Waals surface area contributed by atoms with Crippen LogP contribution < -0.4 is 0 Å². The largest absolute Gasteiger partial charge is 0.332 e. The van der Waals surface area contributed by atoms with E-state index < -0.39 is 0 Å². The Balaban J connectivity index is 2.01. The summed E-state index contributed by atoms with van der Waals surface area (Å²) in [6, 6.07) is 3.72. The number of hydrogen-bond donors (Lipinski definition) is 0. The molecule has 2 rings (SSSR count). The molecule has 0 unspecified atom stereocenters. The summed E-state index contributed by atoms with van der Waals surface area (Å²) in [5.41, 5.74) is 0. The van der Waals surface area contributed by atoms with Crippen LogP contribution in [0.15, 0.2) is 12.1 Å². The van der Waals surface area contributed by atoms with Crippen molar-refractivity contribution in [3.63, 3.8) is 0 Å². The molecular formula is C14H18N2O3S. The van der Waals surface area contributed by atoms with Gasteiger partial charge in [0.05, 0.1) is 18.0 Å². The summed E-state index contributed by atoms with van der Waals surface area (Å²) in [6.07, 6.45) is 0.893. The molecule has 0 atom stereocenters. The molecule has 108 valence electrons. The molecule has 0 spiro atoms. The zero-order valence-corrected chi connectivity index (χ0v) is 12.5. The van der Waals surface area contributed by atoms with Gasteiger partial charge in [0.15, 0.2) is 5.78 Å². The standard InChI is InChI=1S/C14H18N2O3S/c1-3-10-5-6-12(20-10)11(17)7-16-9-13(18)15(4-2)8-14(16)19/h5-6H,3-4,7-9H2,1-2H3. The predicted molar refractivity (Wildman–Crippen MR) is 76.9 cm³/mol. The summed E-state index contributed by atoms with van der Waals surface area (Å²) in [7, 11) is 0. The Labute approximate surface area is 122 Å². The second-order valence-corrected chi connectivity index (χ2v) is 5.87. The zero-order chi connectivity index (χ0) is 14.7. The van der Waals surface area contributed by atoms with Gasteiger partial charge in [-0.05, 0) is 25.5 Å². The highest BCUT2D eigenvalue weighted by Gasteiger charge is 2.30. The SMILES string of the molecule is CCc1ccc(C(=O)CN2CC(=O)N(CC)CC2=O)s1. The van der Waals surface area contributed by atoms with Crippen molar-refractivity contribution in [1.29, 1.82) is 0 Å².